The quantitative estimate of drug-likeness (QED) is 0.174. The lowest BCUT2D eigenvalue weighted by Crippen LogP contribution is -2.33. The van der Waals surface area contributed by atoms with Crippen molar-refractivity contribution in [3.63, 3.8) is 0 Å². The molecule has 0 radical (unpaired) electrons. The van der Waals surface area contributed by atoms with Crippen molar-refractivity contribution < 1.29 is 0 Å². The number of hydrogen-bond acceptors (Lipinski definition) is 3. The van der Waals surface area contributed by atoms with Crippen LogP contribution in [-0.4, -0.2) is 19.5 Å². The van der Waals surface area contributed by atoms with E-state index in [1.165, 1.54) is 60.9 Å². The van der Waals surface area contributed by atoms with Gasteiger partial charge in [0.15, 0.2) is 17.5 Å². The molecule has 0 bridgehead atoms. The number of aromatic nitrogens is 4. The van der Waals surface area contributed by atoms with Crippen molar-refractivity contribution in [3.8, 4) is 73.2 Å². The molecule has 2 aliphatic rings. The van der Waals surface area contributed by atoms with Crippen LogP contribution in [0.1, 0.15) is 22.3 Å². The second kappa shape index (κ2) is 13.4. The lowest BCUT2D eigenvalue weighted by molar-refractivity contribution is 0.749. The first-order chi connectivity index (χ1) is 30.7. The average molecular weight is 789 g/mol. The fourth-order valence-corrected chi connectivity index (χ4v) is 10.4. The number of benzene rings is 9. The second-order valence-electron chi connectivity index (χ2n) is 16.3. The summed E-state index contributed by atoms with van der Waals surface area (Å²) in [5.41, 5.74) is 18.3. The third-order valence-electron chi connectivity index (χ3n) is 13.0. The van der Waals surface area contributed by atoms with E-state index in [2.05, 4.69) is 199 Å². The molecule has 0 amide bonds. The zero-order valence-electron chi connectivity index (χ0n) is 33.6. The van der Waals surface area contributed by atoms with Gasteiger partial charge in [-0.3, -0.25) is 0 Å². The Morgan fingerprint density at radius 2 is 0.806 bits per heavy atom. The fourth-order valence-electron chi connectivity index (χ4n) is 10.4. The average Bonchev–Trinajstić information content (AvgIpc) is 3.85. The minimum Gasteiger partial charge on any atom is -0.309 e. The maximum absolute atomic E-state index is 5.18. The Balaban J connectivity index is 1.000. The Kier molecular flexibility index (Phi) is 7.49. The maximum atomic E-state index is 5.18. The number of para-hydroxylation sites is 3. The summed E-state index contributed by atoms with van der Waals surface area (Å²) < 4.78 is 2.50. The molecule has 2 aromatic heterocycles. The molecular weight excluding hydrogens is 753 g/mol. The largest absolute Gasteiger partial charge is 0.309 e. The highest BCUT2D eigenvalue weighted by atomic mass is 15.0. The summed E-state index contributed by atoms with van der Waals surface area (Å²) in [7, 11) is 0. The predicted octanol–water partition coefficient (Wildman–Crippen LogP) is 14.0. The third kappa shape index (κ3) is 4.98. The first-order valence-electron chi connectivity index (χ1n) is 21.2. The van der Waals surface area contributed by atoms with E-state index in [0.29, 0.717) is 17.5 Å². The molecule has 4 nitrogen and oxygen atoms in total. The van der Waals surface area contributed by atoms with E-state index in [1.54, 1.807) is 0 Å². The highest BCUT2D eigenvalue weighted by molar-refractivity contribution is 6.13. The van der Waals surface area contributed by atoms with E-state index < -0.39 is 5.41 Å². The van der Waals surface area contributed by atoms with Gasteiger partial charge in [0.1, 0.15) is 0 Å². The normalized spacial score (nSPS) is 14.5. The van der Waals surface area contributed by atoms with E-state index in [-0.39, 0.29) is 0 Å². The Morgan fingerprint density at radius 1 is 0.306 bits per heavy atom. The van der Waals surface area contributed by atoms with Gasteiger partial charge in [-0.15, -0.1) is 0 Å². The standard InChI is InChI=1S/C58H36N4/c1-3-16-37(17-4-1)39-20-13-22-42(34-39)56-59-55(38-18-5-2-6-19-38)60-57(61-56)43-23-14-21-40(35-43)41-32-33-45-44-24-7-9-27-48(44)58(51(45)36-41)49-28-10-12-31-53(49)62-52-30-11-8-25-46(52)47-26-15-29-50(58)54(47)62/h1-36H. The Labute approximate surface area is 359 Å². The van der Waals surface area contributed by atoms with E-state index in [9.17, 15) is 0 Å². The first kappa shape index (κ1) is 34.6. The molecule has 0 saturated carbocycles. The van der Waals surface area contributed by atoms with Gasteiger partial charge < -0.3 is 4.57 Å². The van der Waals surface area contributed by atoms with Crippen LogP contribution in [0.4, 0.5) is 0 Å². The topological polar surface area (TPSA) is 43.6 Å². The van der Waals surface area contributed by atoms with Crippen LogP contribution in [-0.2, 0) is 5.41 Å². The van der Waals surface area contributed by atoms with Gasteiger partial charge in [-0.2, -0.15) is 0 Å². The molecule has 4 heteroatoms. The molecule has 11 aromatic rings. The monoisotopic (exact) mass is 788 g/mol. The first-order valence-corrected chi connectivity index (χ1v) is 21.2. The summed E-state index contributed by atoms with van der Waals surface area (Å²) in [4.78, 5) is 15.4. The Bertz CT molecular complexity index is 3590. The maximum Gasteiger partial charge on any atom is 0.164 e. The van der Waals surface area contributed by atoms with Crippen molar-refractivity contribution >= 4 is 21.8 Å². The minimum absolute atomic E-state index is 0.526. The van der Waals surface area contributed by atoms with Crippen molar-refractivity contribution in [1.82, 2.24) is 19.5 Å². The summed E-state index contributed by atoms with van der Waals surface area (Å²) in [6.45, 7) is 0. The molecule has 0 fully saturated rings. The van der Waals surface area contributed by atoms with Crippen molar-refractivity contribution in [2.24, 2.45) is 0 Å². The Hall–Kier alpha value is -8.21. The van der Waals surface area contributed by atoms with Gasteiger partial charge >= 0.3 is 0 Å². The van der Waals surface area contributed by atoms with Crippen molar-refractivity contribution in [1.29, 1.82) is 0 Å². The molecule has 1 aliphatic carbocycles. The molecule has 62 heavy (non-hydrogen) atoms. The summed E-state index contributed by atoms with van der Waals surface area (Å²) >= 11 is 0. The van der Waals surface area contributed by atoms with Crippen LogP contribution < -0.4 is 0 Å². The number of hydrogen-bond donors (Lipinski definition) is 0. The van der Waals surface area contributed by atoms with E-state index in [4.69, 9.17) is 15.0 Å². The van der Waals surface area contributed by atoms with Crippen molar-refractivity contribution in [2.45, 2.75) is 5.41 Å². The number of rotatable bonds is 5. The summed E-state index contributed by atoms with van der Waals surface area (Å²) in [5.74, 6) is 1.91. The molecule has 1 unspecified atom stereocenters. The van der Waals surface area contributed by atoms with Crippen LogP contribution >= 0.6 is 0 Å². The highest BCUT2D eigenvalue weighted by Crippen LogP contribution is 2.61. The summed E-state index contributed by atoms with van der Waals surface area (Å²) in [6, 6.07) is 78.6. The lowest BCUT2D eigenvalue weighted by atomic mass is 9.65. The molecule has 0 saturated heterocycles. The Morgan fingerprint density at radius 3 is 1.56 bits per heavy atom. The molecular formula is C58H36N4. The van der Waals surface area contributed by atoms with Crippen LogP contribution in [0.2, 0.25) is 0 Å². The van der Waals surface area contributed by atoms with Crippen LogP contribution in [0, 0.1) is 0 Å². The van der Waals surface area contributed by atoms with E-state index in [1.807, 2.05) is 24.3 Å². The molecule has 9 aromatic carbocycles. The molecule has 288 valence electrons. The minimum atomic E-state index is -0.526. The molecule has 1 aliphatic heterocycles. The van der Waals surface area contributed by atoms with Gasteiger partial charge in [0.25, 0.3) is 0 Å². The van der Waals surface area contributed by atoms with Gasteiger partial charge in [0, 0.05) is 27.5 Å². The number of nitrogens with zero attached hydrogens (tertiary/aromatic N) is 4. The fraction of sp³-hybridized carbons (Fsp3) is 0.0172. The van der Waals surface area contributed by atoms with E-state index in [0.717, 1.165) is 38.9 Å². The van der Waals surface area contributed by atoms with Gasteiger partial charge in [0.05, 0.1) is 22.1 Å². The van der Waals surface area contributed by atoms with Gasteiger partial charge in [-0.05, 0) is 86.0 Å². The SMILES string of the molecule is c1ccc(-c2cccc(-c3nc(-c4ccccc4)nc(-c4cccc(-c5ccc6c(c5)C5(c7ccccc7-6)c6ccccc6-n6c7ccccc7c7cccc5c76)c4)n3)c2)cc1. The van der Waals surface area contributed by atoms with Crippen LogP contribution in [0.3, 0.4) is 0 Å². The lowest BCUT2D eigenvalue weighted by Gasteiger charge is -2.39. The van der Waals surface area contributed by atoms with E-state index >= 15 is 0 Å². The third-order valence-corrected chi connectivity index (χ3v) is 13.0. The predicted molar refractivity (Wildman–Crippen MR) is 252 cm³/mol. The molecule has 13 rings (SSSR count). The van der Waals surface area contributed by atoms with Gasteiger partial charge in [0.2, 0.25) is 0 Å². The summed E-state index contributed by atoms with van der Waals surface area (Å²) in [5, 5.41) is 2.55. The van der Waals surface area contributed by atoms with Crippen LogP contribution in [0.15, 0.2) is 218 Å². The van der Waals surface area contributed by atoms with Crippen LogP contribution in [0.5, 0.6) is 0 Å². The van der Waals surface area contributed by atoms with Crippen molar-refractivity contribution in [3.05, 3.63) is 241 Å². The molecule has 1 spiro atoms. The molecule has 0 N–H and O–H groups in total. The molecule has 1 atom stereocenters. The van der Waals surface area contributed by atoms with Crippen LogP contribution in [0.25, 0.3) is 95.0 Å². The second-order valence-corrected chi connectivity index (χ2v) is 16.3. The smallest absolute Gasteiger partial charge is 0.164 e. The van der Waals surface area contributed by atoms with Crippen molar-refractivity contribution in [2.75, 3.05) is 0 Å². The zero-order chi connectivity index (χ0) is 40.8. The summed E-state index contributed by atoms with van der Waals surface area (Å²) in [6.07, 6.45) is 0. The highest BCUT2D eigenvalue weighted by Gasteiger charge is 2.50. The number of fused-ring (bicyclic) bond motifs is 12. The molecule has 3 heterocycles. The van der Waals surface area contributed by atoms with Gasteiger partial charge in [-0.25, -0.2) is 15.0 Å². The van der Waals surface area contributed by atoms with Gasteiger partial charge in [-0.1, -0.05) is 188 Å². The zero-order valence-corrected chi connectivity index (χ0v) is 33.6.